The van der Waals surface area contributed by atoms with Gasteiger partial charge in [0.2, 0.25) is 0 Å². The first-order valence-electron chi connectivity index (χ1n) is 4.33. The third-order valence-electron chi connectivity index (χ3n) is 1.64. The summed E-state index contributed by atoms with van der Waals surface area (Å²) >= 11 is 0.172. The molecular formula is C9H13NO3SSe. The van der Waals surface area contributed by atoms with Crippen LogP contribution in [0, 0.1) is 0 Å². The summed E-state index contributed by atoms with van der Waals surface area (Å²) in [4.78, 5) is 0.124. The Morgan fingerprint density at radius 3 is 2.33 bits per heavy atom. The van der Waals surface area contributed by atoms with Gasteiger partial charge in [0.1, 0.15) is 0 Å². The molecule has 0 aliphatic rings. The molecule has 0 heterocycles. The van der Waals surface area contributed by atoms with Crippen LogP contribution in [0.25, 0.3) is 0 Å². The minimum absolute atomic E-state index is 0.124. The van der Waals surface area contributed by atoms with E-state index in [-0.39, 0.29) is 26.0 Å². The van der Waals surface area contributed by atoms with Gasteiger partial charge in [0.15, 0.2) is 0 Å². The average molecular weight is 294 g/mol. The first-order valence-corrected chi connectivity index (χ1v) is 7.95. The molecule has 0 aliphatic heterocycles. The van der Waals surface area contributed by atoms with Crippen LogP contribution < -0.4 is 9.60 Å². The molecule has 0 aliphatic carbocycles. The van der Waals surface area contributed by atoms with Crippen molar-refractivity contribution >= 4 is 29.4 Å². The predicted octanol–water partition coefficient (Wildman–Crippen LogP) is -0.537. The Kier molecular flexibility index (Phi) is 4.31. The van der Waals surface area contributed by atoms with Gasteiger partial charge in [-0.05, 0) is 0 Å². The molecule has 0 radical (unpaired) electrons. The summed E-state index contributed by atoms with van der Waals surface area (Å²) in [7, 11) is -3.59. The van der Waals surface area contributed by atoms with Crippen LogP contribution in [0.3, 0.4) is 0 Å². The molecular weight excluding hydrogens is 281 g/mol. The fourth-order valence-electron chi connectivity index (χ4n) is 0.942. The van der Waals surface area contributed by atoms with Crippen molar-refractivity contribution < 1.29 is 13.5 Å². The quantitative estimate of drug-likeness (QED) is 0.732. The van der Waals surface area contributed by atoms with Crippen LogP contribution in [-0.4, -0.2) is 34.6 Å². The van der Waals surface area contributed by atoms with Gasteiger partial charge in [-0.3, -0.25) is 0 Å². The van der Waals surface area contributed by atoms with Crippen molar-refractivity contribution in [2.45, 2.75) is 23.2 Å². The van der Waals surface area contributed by atoms with E-state index in [2.05, 4.69) is 0 Å². The molecule has 0 saturated heterocycles. The molecule has 0 saturated carbocycles. The number of rotatable bonds is 4. The zero-order chi connectivity index (χ0) is 11.5. The van der Waals surface area contributed by atoms with E-state index in [0.29, 0.717) is 0 Å². The maximum absolute atomic E-state index is 11.0. The van der Waals surface area contributed by atoms with Gasteiger partial charge in [0.05, 0.1) is 0 Å². The van der Waals surface area contributed by atoms with E-state index in [1.807, 2.05) is 0 Å². The summed E-state index contributed by atoms with van der Waals surface area (Å²) in [6.07, 6.45) is -0.317. The van der Waals surface area contributed by atoms with E-state index in [0.717, 1.165) is 9.78 Å². The van der Waals surface area contributed by atoms with Gasteiger partial charge in [0.25, 0.3) is 0 Å². The second-order valence-electron chi connectivity index (χ2n) is 3.18. The molecule has 1 aromatic carbocycles. The molecule has 0 amide bonds. The maximum atomic E-state index is 11.0. The van der Waals surface area contributed by atoms with Crippen LogP contribution in [0.1, 0.15) is 6.92 Å². The van der Waals surface area contributed by atoms with E-state index in [9.17, 15) is 8.42 Å². The number of aliphatic hydroxyl groups excluding tert-OH is 1. The standard InChI is InChI=1S/C9H13NO3SSe/c1-7(11)6-15-9-4-2-8(3-5-9)14(10,12)13/h2-5,7,11H,6H2,1H3,(H2,10,12,13)/t7-/m0/s1. The second-order valence-corrected chi connectivity index (χ2v) is 7.03. The van der Waals surface area contributed by atoms with Gasteiger partial charge in [-0.15, -0.1) is 0 Å². The number of hydrogen-bond donors (Lipinski definition) is 2. The fourth-order valence-corrected chi connectivity index (χ4v) is 3.06. The first-order chi connectivity index (χ1) is 6.89. The van der Waals surface area contributed by atoms with Crippen LogP contribution in [0.15, 0.2) is 29.2 Å². The Hall–Kier alpha value is -0.391. The number of aliphatic hydroxyl groups is 1. The molecule has 15 heavy (non-hydrogen) atoms. The van der Waals surface area contributed by atoms with E-state index >= 15 is 0 Å². The molecule has 4 nitrogen and oxygen atoms in total. The summed E-state index contributed by atoms with van der Waals surface area (Å²) in [5, 5.41) is 14.8. The fraction of sp³-hybridized carbons (Fsp3) is 0.333. The topological polar surface area (TPSA) is 80.4 Å². The van der Waals surface area contributed by atoms with Gasteiger partial charge in [-0.1, -0.05) is 0 Å². The summed E-state index contributed by atoms with van der Waals surface area (Å²) in [5.41, 5.74) is 0. The Labute approximate surface area is 95.7 Å². The van der Waals surface area contributed by atoms with E-state index in [1.54, 1.807) is 19.1 Å². The van der Waals surface area contributed by atoms with Crippen molar-refractivity contribution in [1.82, 2.24) is 0 Å². The van der Waals surface area contributed by atoms with E-state index in [4.69, 9.17) is 10.2 Å². The molecule has 0 bridgehead atoms. The summed E-state index contributed by atoms with van der Waals surface area (Å²) in [6.45, 7) is 1.74. The Morgan fingerprint density at radius 1 is 1.40 bits per heavy atom. The number of sulfonamides is 1. The number of primary sulfonamides is 1. The Bertz CT molecular complexity index is 413. The summed E-state index contributed by atoms with van der Waals surface area (Å²) in [6, 6.07) is 6.47. The third kappa shape index (κ3) is 4.32. The zero-order valence-electron chi connectivity index (χ0n) is 8.25. The molecule has 0 unspecified atom stereocenters. The Balaban J connectivity index is 2.73. The van der Waals surface area contributed by atoms with Gasteiger partial charge >= 0.3 is 95.6 Å². The predicted molar refractivity (Wildman–Crippen MR) is 59.7 cm³/mol. The van der Waals surface area contributed by atoms with E-state index < -0.39 is 10.0 Å². The van der Waals surface area contributed by atoms with Gasteiger partial charge in [0, 0.05) is 0 Å². The Morgan fingerprint density at radius 2 is 1.93 bits per heavy atom. The summed E-state index contributed by atoms with van der Waals surface area (Å²) < 4.78 is 23.0. The first kappa shape index (κ1) is 12.7. The van der Waals surface area contributed by atoms with Crippen LogP contribution >= 0.6 is 0 Å². The van der Waals surface area contributed by atoms with Crippen LogP contribution in [0.5, 0.6) is 0 Å². The van der Waals surface area contributed by atoms with Crippen molar-refractivity contribution in [3.8, 4) is 0 Å². The van der Waals surface area contributed by atoms with Crippen LogP contribution in [0.2, 0.25) is 5.32 Å². The molecule has 1 rings (SSSR count). The van der Waals surface area contributed by atoms with Gasteiger partial charge in [-0.2, -0.15) is 0 Å². The molecule has 0 fully saturated rings. The van der Waals surface area contributed by atoms with Crippen molar-refractivity contribution in [3.05, 3.63) is 24.3 Å². The summed E-state index contributed by atoms with van der Waals surface area (Å²) in [5.74, 6) is 0. The number of hydrogen-bond acceptors (Lipinski definition) is 3. The van der Waals surface area contributed by atoms with Crippen molar-refractivity contribution in [3.63, 3.8) is 0 Å². The van der Waals surface area contributed by atoms with Gasteiger partial charge in [-0.25, -0.2) is 0 Å². The molecule has 0 aromatic heterocycles. The van der Waals surface area contributed by atoms with Crippen molar-refractivity contribution in [2.75, 3.05) is 0 Å². The van der Waals surface area contributed by atoms with Crippen LogP contribution in [0.4, 0.5) is 0 Å². The third-order valence-corrected chi connectivity index (χ3v) is 5.20. The molecule has 84 valence electrons. The minimum atomic E-state index is -3.59. The number of benzene rings is 1. The monoisotopic (exact) mass is 295 g/mol. The number of nitrogens with two attached hydrogens (primary N) is 1. The molecule has 6 heteroatoms. The van der Waals surface area contributed by atoms with E-state index in [1.165, 1.54) is 12.1 Å². The second kappa shape index (κ2) is 5.09. The SMILES string of the molecule is C[C@H](O)C[Se]c1ccc(S(N)(=O)=O)cc1. The molecule has 1 aromatic rings. The molecule has 0 spiro atoms. The molecule has 1 atom stereocenters. The van der Waals surface area contributed by atoms with Crippen molar-refractivity contribution in [2.24, 2.45) is 5.14 Å². The zero-order valence-corrected chi connectivity index (χ0v) is 10.8. The van der Waals surface area contributed by atoms with Crippen LogP contribution in [-0.2, 0) is 10.0 Å². The molecule has 3 N–H and O–H groups in total. The van der Waals surface area contributed by atoms with Gasteiger partial charge < -0.3 is 0 Å². The normalized spacial score (nSPS) is 13.8. The van der Waals surface area contributed by atoms with Crippen molar-refractivity contribution in [1.29, 1.82) is 0 Å². The average Bonchev–Trinajstić information content (AvgIpc) is 2.14.